The van der Waals surface area contributed by atoms with E-state index in [-0.39, 0.29) is 5.92 Å². The molecule has 3 atom stereocenters. The molecule has 2 aliphatic carbocycles. The second-order valence-corrected chi connectivity index (χ2v) is 6.25. The van der Waals surface area contributed by atoms with Crippen molar-refractivity contribution in [3.05, 3.63) is 12.2 Å². The number of carbonyl (C=O) groups excluding carboxylic acids is 1. The zero-order valence-electron chi connectivity index (χ0n) is 11.2. The van der Waals surface area contributed by atoms with Crippen LogP contribution in [0.15, 0.2) is 12.2 Å². The largest absolute Gasteiger partial charge is 0.456 e. The lowest BCUT2D eigenvalue weighted by molar-refractivity contribution is -0.168. The highest BCUT2D eigenvalue weighted by atomic mass is 19.4. The van der Waals surface area contributed by atoms with Gasteiger partial charge in [0.1, 0.15) is 11.2 Å². The Hall–Kier alpha value is -1.00. The van der Waals surface area contributed by atoms with Crippen molar-refractivity contribution in [2.75, 3.05) is 0 Å². The highest BCUT2D eigenvalue weighted by molar-refractivity contribution is 5.89. The molecule has 0 spiro atoms. The van der Waals surface area contributed by atoms with Crippen molar-refractivity contribution in [2.24, 2.45) is 17.8 Å². The van der Waals surface area contributed by atoms with Crippen LogP contribution >= 0.6 is 0 Å². The number of hydrogen-bond acceptors (Lipinski definition) is 2. The Morgan fingerprint density at radius 2 is 1.84 bits per heavy atom. The number of alkyl halides is 3. The standard InChI is InChI=1S/C14H19F3O2/c1-8(14(15,16)17)12(18)19-13(2,3)11-7-9-4-5-10(11)6-9/h9-11H,1,4-7H2,2-3H3. The Balaban J connectivity index is 2.01. The summed E-state index contributed by atoms with van der Waals surface area (Å²) in [7, 11) is 0. The first-order valence-corrected chi connectivity index (χ1v) is 6.60. The Labute approximate surface area is 111 Å². The topological polar surface area (TPSA) is 26.3 Å². The molecule has 0 radical (unpaired) electrons. The molecule has 5 heteroatoms. The number of halogens is 3. The Morgan fingerprint density at radius 1 is 1.21 bits per heavy atom. The summed E-state index contributed by atoms with van der Waals surface area (Å²) >= 11 is 0. The monoisotopic (exact) mass is 276 g/mol. The van der Waals surface area contributed by atoms with Crippen LogP contribution in [0.5, 0.6) is 0 Å². The molecular weight excluding hydrogens is 257 g/mol. The van der Waals surface area contributed by atoms with Crippen molar-refractivity contribution < 1.29 is 22.7 Å². The molecule has 2 aliphatic rings. The number of fused-ring (bicyclic) bond motifs is 2. The zero-order chi connectivity index (χ0) is 14.4. The molecule has 0 N–H and O–H groups in total. The summed E-state index contributed by atoms with van der Waals surface area (Å²) in [4.78, 5) is 11.5. The average molecular weight is 276 g/mol. The van der Waals surface area contributed by atoms with E-state index in [9.17, 15) is 18.0 Å². The van der Waals surface area contributed by atoms with Gasteiger partial charge in [-0.05, 0) is 44.9 Å². The van der Waals surface area contributed by atoms with Crippen LogP contribution in [-0.4, -0.2) is 17.7 Å². The number of hydrogen-bond donors (Lipinski definition) is 0. The third-order valence-corrected chi connectivity index (χ3v) is 4.58. The van der Waals surface area contributed by atoms with Gasteiger partial charge >= 0.3 is 12.1 Å². The van der Waals surface area contributed by atoms with E-state index in [0.29, 0.717) is 11.8 Å². The molecule has 2 nitrogen and oxygen atoms in total. The van der Waals surface area contributed by atoms with Gasteiger partial charge in [0.15, 0.2) is 0 Å². The summed E-state index contributed by atoms with van der Waals surface area (Å²) in [6.07, 6.45) is -0.367. The molecule has 2 bridgehead atoms. The second kappa shape index (κ2) is 4.53. The molecule has 3 unspecified atom stereocenters. The predicted molar refractivity (Wildman–Crippen MR) is 64.3 cm³/mol. The van der Waals surface area contributed by atoms with Gasteiger partial charge in [-0.2, -0.15) is 13.2 Å². The van der Waals surface area contributed by atoms with Crippen LogP contribution in [0, 0.1) is 17.8 Å². The third-order valence-electron chi connectivity index (χ3n) is 4.58. The van der Waals surface area contributed by atoms with Crippen molar-refractivity contribution in [3.8, 4) is 0 Å². The molecule has 2 fully saturated rings. The number of carbonyl (C=O) groups is 1. The van der Waals surface area contributed by atoms with E-state index < -0.39 is 23.3 Å². The van der Waals surface area contributed by atoms with Gasteiger partial charge in [0.25, 0.3) is 0 Å². The summed E-state index contributed by atoms with van der Waals surface area (Å²) in [5, 5.41) is 0. The molecule has 0 aromatic rings. The van der Waals surface area contributed by atoms with Crippen LogP contribution in [0.1, 0.15) is 39.5 Å². The summed E-state index contributed by atoms with van der Waals surface area (Å²) < 4.78 is 42.3. The maximum atomic E-state index is 12.4. The van der Waals surface area contributed by atoms with E-state index in [1.807, 2.05) is 0 Å². The number of ether oxygens (including phenoxy) is 1. The minimum absolute atomic E-state index is 0.163. The van der Waals surface area contributed by atoms with Crippen molar-refractivity contribution in [2.45, 2.75) is 51.3 Å². The first kappa shape index (κ1) is 14.4. The quantitative estimate of drug-likeness (QED) is 0.578. The van der Waals surface area contributed by atoms with Crippen LogP contribution in [0.2, 0.25) is 0 Å². The Morgan fingerprint density at radius 3 is 2.26 bits per heavy atom. The lowest BCUT2D eigenvalue weighted by Gasteiger charge is -2.37. The first-order chi connectivity index (χ1) is 8.61. The normalized spacial score (nSPS) is 30.5. The smallest absolute Gasteiger partial charge is 0.422 e. The van der Waals surface area contributed by atoms with Gasteiger partial charge in [0, 0.05) is 5.92 Å². The second-order valence-electron chi connectivity index (χ2n) is 6.25. The molecule has 0 aromatic heterocycles. The molecule has 0 heterocycles. The van der Waals surface area contributed by atoms with Crippen LogP contribution in [0.3, 0.4) is 0 Å². The molecule has 2 saturated carbocycles. The maximum absolute atomic E-state index is 12.4. The molecule has 19 heavy (non-hydrogen) atoms. The fourth-order valence-electron chi connectivity index (χ4n) is 3.59. The zero-order valence-corrected chi connectivity index (χ0v) is 11.2. The fourth-order valence-corrected chi connectivity index (χ4v) is 3.59. The number of esters is 1. The maximum Gasteiger partial charge on any atom is 0.422 e. The van der Waals surface area contributed by atoms with Gasteiger partial charge in [-0.1, -0.05) is 13.0 Å². The van der Waals surface area contributed by atoms with Gasteiger partial charge in [0.05, 0.1) is 0 Å². The lowest BCUT2D eigenvalue weighted by atomic mass is 9.78. The van der Waals surface area contributed by atoms with Crippen molar-refractivity contribution in [1.29, 1.82) is 0 Å². The first-order valence-electron chi connectivity index (χ1n) is 6.60. The Bertz CT molecular complexity index is 398. The fraction of sp³-hybridized carbons (Fsp3) is 0.786. The van der Waals surface area contributed by atoms with Crippen molar-refractivity contribution >= 4 is 5.97 Å². The minimum atomic E-state index is -4.72. The van der Waals surface area contributed by atoms with Gasteiger partial charge in [-0.15, -0.1) is 0 Å². The molecule has 108 valence electrons. The number of rotatable bonds is 3. The van der Waals surface area contributed by atoms with Gasteiger partial charge in [-0.3, -0.25) is 0 Å². The van der Waals surface area contributed by atoms with Crippen LogP contribution in [0.4, 0.5) is 13.2 Å². The van der Waals surface area contributed by atoms with Crippen LogP contribution < -0.4 is 0 Å². The molecule has 2 rings (SSSR count). The van der Waals surface area contributed by atoms with Gasteiger partial charge in [-0.25, -0.2) is 4.79 Å². The lowest BCUT2D eigenvalue weighted by Crippen LogP contribution is -2.40. The highest BCUT2D eigenvalue weighted by Gasteiger charge is 2.49. The van der Waals surface area contributed by atoms with E-state index in [4.69, 9.17) is 4.74 Å². The molecule has 0 amide bonds. The van der Waals surface area contributed by atoms with Gasteiger partial charge in [0.2, 0.25) is 0 Å². The minimum Gasteiger partial charge on any atom is -0.456 e. The summed E-state index contributed by atoms with van der Waals surface area (Å²) in [5.74, 6) is -0.0535. The van der Waals surface area contributed by atoms with E-state index in [0.717, 1.165) is 19.3 Å². The van der Waals surface area contributed by atoms with E-state index in [2.05, 4.69) is 6.58 Å². The van der Waals surface area contributed by atoms with E-state index >= 15 is 0 Å². The molecule has 0 saturated heterocycles. The molecule has 0 aliphatic heterocycles. The van der Waals surface area contributed by atoms with E-state index in [1.54, 1.807) is 13.8 Å². The molecular formula is C14H19F3O2. The van der Waals surface area contributed by atoms with Gasteiger partial charge < -0.3 is 4.74 Å². The third kappa shape index (κ3) is 2.79. The molecule has 0 aromatic carbocycles. The van der Waals surface area contributed by atoms with Crippen LogP contribution in [-0.2, 0) is 9.53 Å². The summed E-state index contributed by atoms with van der Waals surface area (Å²) in [5.41, 5.74) is -2.28. The van der Waals surface area contributed by atoms with Crippen molar-refractivity contribution in [1.82, 2.24) is 0 Å². The van der Waals surface area contributed by atoms with E-state index in [1.165, 1.54) is 6.42 Å². The average Bonchev–Trinajstić information content (AvgIpc) is 2.87. The Kier molecular flexibility index (Phi) is 3.43. The summed E-state index contributed by atoms with van der Waals surface area (Å²) in [6, 6.07) is 0. The van der Waals surface area contributed by atoms with Crippen molar-refractivity contribution in [3.63, 3.8) is 0 Å². The predicted octanol–water partition coefficient (Wildman–Crippen LogP) is 3.86. The highest BCUT2D eigenvalue weighted by Crippen LogP contribution is 2.53. The SMILES string of the molecule is C=C(C(=O)OC(C)(C)C1CC2CCC1C2)C(F)(F)F. The summed E-state index contributed by atoms with van der Waals surface area (Å²) in [6.45, 7) is 6.20. The van der Waals surface area contributed by atoms with Crippen LogP contribution in [0.25, 0.3) is 0 Å².